The van der Waals surface area contributed by atoms with E-state index in [0.717, 1.165) is 12.1 Å². The fraction of sp³-hybridized carbons (Fsp3) is 0.200. The Morgan fingerprint density at radius 3 is 2.22 bits per heavy atom. The molecule has 0 saturated carbocycles. The molecule has 0 aliphatic rings. The Morgan fingerprint density at radius 1 is 1.13 bits per heavy atom. The van der Waals surface area contributed by atoms with Gasteiger partial charge >= 0.3 is 6.18 Å². The molecule has 23 heavy (non-hydrogen) atoms. The van der Waals surface area contributed by atoms with Crippen LogP contribution in [0.4, 0.5) is 13.2 Å². The molecule has 1 aromatic carbocycles. The molecule has 2 aromatic rings. The number of hydrogen-bond donors (Lipinski definition) is 0. The summed E-state index contributed by atoms with van der Waals surface area (Å²) in [6, 6.07) is 7.82. The molecule has 0 spiro atoms. The molecule has 2 rings (SSSR count). The van der Waals surface area contributed by atoms with Crippen LogP contribution in [0.15, 0.2) is 42.6 Å². The van der Waals surface area contributed by atoms with Gasteiger partial charge in [-0.05, 0) is 37.3 Å². The minimum Gasteiger partial charge on any atom is -0.546 e. The van der Waals surface area contributed by atoms with Crippen LogP contribution in [0.5, 0.6) is 17.4 Å². The van der Waals surface area contributed by atoms with Gasteiger partial charge in [-0.1, -0.05) is 0 Å². The van der Waals surface area contributed by atoms with Crippen molar-refractivity contribution in [3.8, 4) is 17.4 Å². The number of aromatic nitrogens is 1. The number of alkyl halides is 3. The van der Waals surface area contributed by atoms with Crippen molar-refractivity contribution < 1.29 is 32.5 Å². The van der Waals surface area contributed by atoms with E-state index in [4.69, 9.17) is 9.47 Å². The Bertz CT molecular complexity index is 669. The fourth-order valence-corrected chi connectivity index (χ4v) is 1.57. The van der Waals surface area contributed by atoms with Crippen molar-refractivity contribution in [1.82, 2.24) is 4.98 Å². The lowest BCUT2D eigenvalue weighted by molar-refractivity contribution is -0.312. The van der Waals surface area contributed by atoms with E-state index in [9.17, 15) is 23.1 Å². The van der Waals surface area contributed by atoms with Gasteiger partial charge < -0.3 is 19.4 Å². The normalized spacial score (nSPS) is 12.5. The van der Waals surface area contributed by atoms with Crippen molar-refractivity contribution >= 4 is 5.97 Å². The van der Waals surface area contributed by atoms with Gasteiger partial charge in [0.1, 0.15) is 17.6 Å². The molecule has 122 valence electrons. The lowest BCUT2D eigenvalue weighted by Crippen LogP contribution is -2.37. The molecule has 0 aliphatic heterocycles. The van der Waals surface area contributed by atoms with Crippen LogP contribution in [-0.4, -0.2) is 17.1 Å². The number of aliphatic carboxylic acids is 1. The van der Waals surface area contributed by atoms with Gasteiger partial charge in [-0.2, -0.15) is 13.2 Å². The first-order chi connectivity index (χ1) is 10.8. The second-order valence-corrected chi connectivity index (χ2v) is 4.54. The number of benzene rings is 1. The highest BCUT2D eigenvalue weighted by Crippen LogP contribution is 2.30. The average molecular weight is 326 g/mol. The lowest BCUT2D eigenvalue weighted by atomic mass is 10.3. The number of pyridine rings is 1. The number of rotatable bonds is 5. The largest absolute Gasteiger partial charge is 0.546 e. The second-order valence-electron chi connectivity index (χ2n) is 4.54. The molecule has 0 fully saturated rings. The van der Waals surface area contributed by atoms with Gasteiger partial charge in [0.25, 0.3) is 0 Å². The first-order valence-electron chi connectivity index (χ1n) is 6.44. The molecule has 0 amide bonds. The zero-order chi connectivity index (χ0) is 17.0. The predicted molar refractivity (Wildman–Crippen MR) is 70.9 cm³/mol. The summed E-state index contributed by atoms with van der Waals surface area (Å²) in [7, 11) is 0. The summed E-state index contributed by atoms with van der Waals surface area (Å²) in [6.45, 7) is 1.33. The number of ether oxygens (including phenoxy) is 2. The summed E-state index contributed by atoms with van der Waals surface area (Å²) in [4.78, 5) is 14.1. The fourth-order valence-electron chi connectivity index (χ4n) is 1.57. The van der Waals surface area contributed by atoms with Crippen molar-refractivity contribution in [3.05, 3.63) is 48.2 Å². The summed E-state index contributed by atoms with van der Waals surface area (Å²) in [5, 5.41) is 10.6. The third-order valence-electron chi connectivity index (χ3n) is 2.75. The van der Waals surface area contributed by atoms with E-state index in [2.05, 4.69) is 4.98 Å². The van der Waals surface area contributed by atoms with E-state index in [0.29, 0.717) is 11.9 Å². The van der Waals surface area contributed by atoms with Crippen LogP contribution >= 0.6 is 0 Å². The van der Waals surface area contributed by atoms with Crippen molar-refractivity contribution in [2.24, 2.45) is 0 Å². The summed E-state index contributed by atoms with van der Waals surface area (Å²) < 4.78 is 47.6. The van der Waals surface area contributed by atoms with E-state index in [-0.39, 0.29) is 11.6 Å². The van der Waals surface area contributed by atoms with Gasteiger partial charge in [0.15, 0.2) is 0 Å². The number of hydrogen-bond acceptors (Lipinski definition) is 5. The Balaban J connectivity index is 2.02. The third-order valence-corrected chi connectivity index (χ3v) is 2.75. The smallest absolute Gasteiger partial charge is 0.417 e. The molecule has 0 aliphatic carbocycles. The van der Waals surface area contributed by atoms with Crippen molar-refractivity contribution in [2.45, 2.75) is 19.2 Å². The monoisotopic (exact) mass is 326 g/mol. The van der Waals surface area contributed by atoms with E-state index in [1.54, 1.807) is 0 Å². The maximum Gasteiger partial charge on any atom is 0.417 e. The van der Waals surface area contributed by atoms with Gasteiger partial charge in [-0.3, -0.25) is 0 Å². The standard InChI is InChI=1S/C15H12F3NO4/c1-9(14(20)21)22-11-3-5-12(6-4-11)23-13-7-2-10(8-19-13)15(16,17)18/h2-9H,1H3,(H,20,21)/p-1. The van der Waals surface area contributed by atoms with Crippen LogP contribution in [0.2, 0.25) is 0 Å². The SMILES string of the molecule is CC(Oc1ccc(Oc2ccc(C(F)(F)F)cn2)cc1)C(=O)[O-]. The molecule has 0 saturated heterocycles. The van der Waals surface area contributed by atoms with Crippen LogP contribution in [0.25, 0.3) is 0 Å². The third kappa shape index (κ3) is 4.60. The Kier molecular flexibility index (Phi) is 4.73. The summed E-state index contributed by atoms with van der Waals surface area (Å²) >= 11 is 0. The van der Waals surface area contributed by atoms with E-state index in [1.807, 2.05) is 0 Å². The van der Waals surface area contributed by atoms with Crippen molar-refractivity contribution in [1.29, 1.82) is 0 Å². The van der Waals surface area contributed by atoms with E-state index >= 15 is 0 Å². The molecular formula is C15H11F3NO4-. The van der Waals surface area contributed by atoms with Gasteiger partial charge in [-0.15, -0.1) is 0 Å². The number of carboxylic acid groups (broad SMARTS) is 1. The highest BCUT2D eigenvalue weighted by Gasteiger charge is 2.30. The van der Waals surface area contributed by atoms with Gasteiger partial charge in [-0.25, -0.2) is 4.98 Å². The Labute approximate surface area is 129 Å². The van der Waals surface area contributed by atoms with Crippen LogP contribution in [-0.2, 0) is 11.0 Å². The van der Waals surface area contributed by atoms with Gasteiger partial charge in [0, 0.05) is 12.3 Å². The summed E-state index contributed by atoms with van der Waals surface area (Å²) in [5.41, 5.74) is -0.870. The molecule has 8 heteroatoms. The topological polar surface area (TPSA) is 71.5 Å². The van der Waals surface area contributed by atoms with E-state index < -0.39 is 23.8 Å². The molecule has 1 atom stereocenters. The molecule has 1 unspecified atom stereocenters. The Morgan fingerprint density at radius 2 is 1.74 bits per heavy atom. The van der Waals surface area contributed by atoms with Crippen LogP contribution in [0, 0.1) is 0 Å². The molecule has 1 aromatic heterocycles. The minimum atomic E-state index is -4.46. The molecule has 0 radical (unpaired) electrons. The minimum absolute atomic E-state index is 0.00484. The van der Waals surface area contributed by atoms with Crippen molar-refractivity contribution in [3.63, 3.8) is 0 Å². The number of carbonyl (C=O) groups excluding carboxylic acids is 1. The highest BCUT2D eigenvalue weighted by molar-refractivity contribution is 5.69. The first kappa shape index (κ1) is 16.6. The van der Waals surface area contributed by atoms with Gasteiger partial charge in [0.2, 0.25) is 5.88 Å². The molecular weight excluding hydrogens is 315 g/mol. The zero-order valence-electron chi connectivity index (χ0n) is 11.8. The number of halogens is 3. The highest BCUT2D eigenvalue weighted by atomic mass is 19.4. The number of carboxylic acids is 1. The number of carbonyl (C=O) groups is 1. The van der Waals surface area contributed by atoms with Crippen LogP contribution < -0.4 is 14.6 Å². The van der Waals surface area contributed by atoms with E-state index in [1.165, 1.54) is 31.2 Å². The quantitative estimate of drug-likeness (QED) is 0.844. The maximum atomic E-state index is 12.4. The number of nitrogens with zero attached hydrogens (tertiary/aromatic N) is 1. The maximum absolute atomic E-state index is 12.4. The zero-order valence-corrected chi connectivity index (χ0v) is 11.8. The average Bonchev–Trinajstić information content (AvgIpc) is 2.49. The van der Waals surface area contributed by atoms with Crippen LogP contribution in [0.3, 0.4) is 0 Å². The summed E-state index contributed by atoms with van der Waals surface area (Å²) in [6.07, 6.45) is -4.90. The molecule has 1 heterocycles. The predicted octanol–water partition coefficient (Wildman–Crippen LogP) is 2.41. The summed E-state index contributed by atoms with van der Waals surface area (Å²) in [5.74, 6) is -0.755. The lowest BCUT2D eigenvalue weighted by Gasteiger charge is -2.15. The Hall–Kier alpha value is -2.77. The van der Waals surface area contributed by atoms with Crippen molar-refractivity contribution in [2.75, 3.05) is 0 Å². The first-order valence-corrected chi connectivity index (χ1v) is 6.44. The molecule has 0 bridgehead atoms. The molecule has 5 nitrogen and oxygen atoms in total. The van der Waals surface area contributed by atoms with Crippen LogP contribution in [0.1, 0.15) is 12.5 Å². The second kappa shape index (κ2) is 6.55. The molecule has 0 N–H and O–H groups in total. The van der Waals surface area contributed by atoms with Gasteiger partial charge in [0.05, 0.1) is 11.5 Å².